The van der Waals surface area contributed by atoms with Crippen molar-refractivity contribution in [1.82, 2.24) is 15.6 Å². The van der Waals surface area contributed by atoms with E-state index in [2.05, 4.69) is 15.6 Å². The number of hydrogen-bond donors (Lipinski definition) is 3. The molecule has 0 fully saturated rings. The lowest BCUT2D eigenvalue weighted by Crippen LogP contribution is -2.35. The van der Waals surface area contributed by atoms with Crippen molar-refractivity contribution < 1.29 is 19.4 Å². The number of carboxylic acids is 1. The van der Waals surface area contributed by atoms with Crippen molar-refractivity contribution >= 4 is 23.3 Å². The molecule has 0 aliphatic carbocycles. The molecule has 0 aliphatic heterocycles. The number of hydrogen-bond acceptors (Lipinski definition) is 5. The highest BCUT2D eigenvalue weighted by molar-refractivity contribution is 7.13. The van der Waals surface area contributed by atoms with Gasteiger partial charge < -0.3 is 20.5 Å². The van der Waals surface area contributed by atoms with Gasteiger partial charge in [0.2, 0.25) is 0 Å². The number of aryl methyl sites for hydroxylation is 1. The molecule has 0 saturated heterocycles. The summed E-state index contributed by atoms with van der Waals surface area (Å²) in [4.78, 5) is 26.7. The third kappa shape index (κ3) is 6.54. The van der Waals surface area contributed by atoms with Gasteiger partial charge in [-0.05, 0) is 19.8 Å². The van der Waals surface area contributed by atoms with Crippen LogP contribution < -0.4 is 10.6 Å². The standard InChI is InChI=1S/C13H21N3O4S/c1-3-6-20-7-4-5-14-13(19)15-8-10-16-9(2)11(21-10)12(17)18/h3-8H2,1-2H3,(H,17,18)(H2,14,15,19). The topological polar surface area (TPSA) is 101 Å². The number of carbonyl (C=O) groups is 2. The molecule has 0 saturated carbocycles. The molecular weight excluding hydrogens is 294 g/mol. The van der Waals surface area contributed by atoms with Crippen molar-refractivity contribution in [1.29, 1.82) is 0 Å². The van der Waals surface area contributed by atoms with E-state index >= 15 is 0 Å². The van der Waals surface area contributed by atoms with E-state index in [1.54, 1.807) is 6.92 Å². The smallest absolute Gasteiger partial charge is 0.347 e. The van der Waals surface area contributed by atoms with Crippen LogP contribution in [0.4, 0.5) is 4.79 Å². The molecule has 0 atom stereocenters. The van der Waals surface area contributed by atoms with Gasteiger partial charge in [0.1, 0.15) is 9.88 Å². The highest BCUT2D eigenvalue weighted by Crippen LogP contribution is 2.17. The number of urea groups is 1. The Morgan fingerprint density at radius 1 is 1.33 bits per heavy atom. The minimum absolute atomic E-state index is 0.209. The zero-order valence-corrected chi connectivity index (χ0v) is 13.1. The number of carboxylic acid groups (broad SMARTS) is 1. The van der Waals surface area contributed by atoms with Gasteiger partial charge in [-0.2, -0.15) is 0 Å². The number of aromatic carboxylic acids is 1. The molecule has 0 aromatic carbocycles. The fraction of sp³-hybridized carbons (Fsp3) is 0.615. The SMILES string of the molecule is CCCOCCCNC(=O)NCc1nc(C)c(C(=O)O)s1. The third-order valence-electron chi connectivity index (χ3n) is 2.53. The lowest BCUT2D eigenvalue weighted by atomic mass is 10.4. The van der Waals surface area contributed by atoms with Crippen molar-refractivity contribution in [2.24, 2.45) is 0 Å². The number of rotatable bonds is 9. The van der Waals surface area contributed by atoms with Crippen LogP contribution in [0.1, 0.15) is 40.1 Å². The Hall–Kier alpha value is -1.67. The molecule has 1 aromatic heterocycles. The molecule has 1 heterocycles. The first-order valence-corrected chi connectivity index (χ1v) is 7.65. The van der Waals surface area contributed by atoms with E-state index in [0.717, 1.165) is 30.8 Å². The van der Waals surface area contributed by atoms with Crippen LogP contribution in [0, 0.1) is 6.92 Å². The average molecular weight is 315 g/mol. The van der Waals surface area contributed by atoms with Crippen LogP contribution >= 0.6 is 11.3 Å². The van der Waals surface area contributed by atoms with Crippen molar-refractivity contribution in [3.63, 3.8) is 0 Å². The van der Waals surface area contributed by atoms with Gasteiger partial charge in [0.25, 0.3) is 0 Å². The number of thiazole rings is 1. The van der Waals surface area contributed by atoms with Gasteiger partial charge in [-0.25, -0.2) is 14.6 Å². The lowest BCUT2D eigenvalue weighted by Gasteiger charge is -2.06. The molecule has 0 bridgehead atoms. The second kappa shape index (κ2) is 9.30. The molecular formula is C13H21N3O4S. The zero-order chi connectivity index (χ0) is 15.7. The van der Waals surface area contributed by atoms with E-state index in [4.69, 9.17) is 9.84 Å². The van der Waals surface area contributed by atoms with Gasteiger partial charge in [-0.1, -0.05) is 6.92 Å². The Labute approximate surface area is 127 Å². The quantitative estimate of drug-likeness (QED) is 0.603. The molecule has 7 nitrogen and oxygen atoms in total. The van der Waals surface area contributed by atoms with E-state index in [1.807, 2.05) is 6.92 Å². The number of amides is 2. The van der Waals surface area contributed by atoms with Crippen LogP contribution in [0.2, 0.25) is 0 Å². The van der Waals surface area contributed by atoms with Crippen LogP contribution in [0.3, 0.4) is 0 Å². The predicted octanol–water partition coefficient (Wildman–Crippen LogP) is 1.77. The summed E-state index contributed by atoms with van der Waals surface area (Å²) in [7, 11) is 0. The molecule has 0 spiro atoms. The summed E-state index contributed by atoms with van der Waals surface area (Å²) >= 11 is 1.07. The lowest BCUT2D eigenvalue weighted by molar-refractivity contribution is 0.0701. The van der Waals surface area contributed by atoms with E-state index < -0.39 is 5.97 Å². The summed E-state index contributed by atoms with van der Waals surface area (Å²) in [5.41, 5.74) is 0.470. The fourth-order valence-corrected chi connectivity index (χ4v) is 2.41. The maximum atomic E-state index is 11.5. The highest BCUT2D eigenvalue weighted by atomic mass is 32.1. The maximum absolute atomic E-state index is 11.5. The van der Waals surface area contributed by atoms with Crippen molar-refractivity contribution in [3.8, 4) is 0 Å². The molecule has 0 aliphatic rings. The number of nitrogens with one attached hydrogen (secondary N) is 2. The van der Waals surface area contributed by atoms with Gasteiger partial charge in [0.05, 0.1) is 12.2 Å². The van der Waals surface area contributed by atoms with Gasteiger partial charge >= 0.3 is 12.0 Å². The Balaban J connectivity index is 2.21. The molecule has 21 heavy (non-hydrogen) atoms. The largest absolute Gasteiger partial charge is 0.477 e. The third-order valence-corrected chi connectivity index (χ3v) is 3.68. The Morgan fingerprint density at radius 2 is 2.10 bits per heavy atom. The van der Waals surface area contributed by atoms with Crippen LogP contribution in [-0.4, -0.2) is 41.8 Å². The summed E-state index contributed by atoms with van der Waals surface area (Å²) in [6.45, 7) is 5.80. The first-order chi connectivity index (χ1) is 10.0. The Kier molecular flexibility index (Phi) is 7.70. The van der Waals surface area contributed by atoms with Gasteiger partial charge in [-0.15, -0.1) is 11.3 Å². The first kappa shape index (κ1) is 17.4. The highest BCUT2D eigenvalue weighted by Gasteiger charge is 2.14. The van der Waals surface area contributed by atoms with Gasteiger partial charge in [0, 0.05) is 19.8 Å². The van der Waals surface area contributed by atoms with Crippen LogP contribution in [0.5, 0.6) is 0 Å². The van der Waals surface area contributed by atoms with Crippen LogP contribution in [0.15, 0.2) is 0 Å². The fourth-order valence-electron chi connectivity index (χ4n) is 1.57. The second-order valence-corrected chi connectivity index (χ2v) is 5.49. The summed E-state index contributed by atoms with van der Waals surface area (Å²) in [5, 5.41) is 14.8. The first-order valence-electron chi connectivity index (χ1n) is 6.83. The minimum Gasteiger partial charge on any atom is -0.477 e. The second-order valence-electron chi connectivity index (χ2n) is 4.40. The summed E-state index contributed by atoms with van der Waals surface area (Å²) < 4.78 is 5.30. The summed E-state index contributed by atoms with van der Waals surface area (Å²) in [6.07, 6.45) is 1.74. The van der Waals surface area contributed by atoms with Crippen LogP contribution in [-0.2, 0) is 11.3 Å². The number of nitrogens with zero attached hydrogens (tertiary/aromatic N) is 1. The molecule has 8 heteroatoms. The van der Waals surface area contributed by atoms with E-state index in [9.17, 15) is 9.59 Å². The molecule has 0 unspecified atom stereocenters. The van der Waals surface area contributed by atoms with E-state index in [0.29, 0.717) is 23.9 Å². The molecule has 2 amide bonds. The van der Waals surface area contributed by atoms with E-state index in [1.165, 1.54) is 0 Å². The number of ether oxygens (including phenoxy) is 1. The summed E-state index contributed by atoms with van der Waals surface area (Å²) in [6, 6.07) is -0.296. The minimum atomic E-state index is -0.993. The zero-order valence-electron chi connectivity index (χ0n) is 12.3. The maximum Gasteiger partial charge on any atom is 0.347 e. The Morgan fingerprint density at radius 3 is 2.71 bits per heavy atom. The van der Waals surface area contributed by atoms with Crippen molar-refractivity contribution in [2.45, 2.75) is 33.2 Å². The molecule has 0 radical (unpaired) electrons. The van der Waals surface area contributed by atoms with E-state index in [-0.39, 0.29) is 17.5 Å². The van der Waals surface area contributed by atoms with Gasteiger partial charge in [0.15, 0.2) is 0 Å². The normalized spacial score (nSPS) is 10.4. The predicted molar refractivity (Wildman–Crippen MR) is 79.8 cm³/mol. The van der Waals surface area contributed by atoms with Crippen molar-refractivity contribution in [3.05, 3.63) is 15.6 Å². The van der Waals surface area contributed by atoms with Crippen LogP contribution in [0.25, 0.3) is 0 Å². The average Bonchev–Trinajstić information content (AvgIpc) is 2.82. The molecule has 1 rings (SSSR count). The number of aromatic nitrogens is 1. The molecule has 3 N–H and O–H groups in total. The molecule has 118 valence electrons. The monoisotopic (exact) mass is 315 g/mol. The van der Waals surface area contributed by atoms with Crippen molar-refractivity contribution in [2.75, 3.05) is 19.8 Å². The Bertz CT molecular complexity index is 476. The summed E-state index contributed by atoms with van der Waals surface area (Å²) in [5.74, 6) is -0.993. The van der Waals surface area contributed by atoms with Gasteiger partial charge in [-0.3, -0.25) is 0 Å². The molecule has 1 aromatic rings. The number of carbonyl (C=O) groups excluding carboxylic acids is 1.